The Morgan fingerprint density at radius 2 is 2.50 bits per heavy atom. The third-order valence-corrected chi connectivity index (χ3v) is 2.29. The van der Waals surface area contributed by atoms with Crippen LogP contribution in [0.2, 0.25) is 0 Å². The van der Waals surface area contributed by atoms with Crippen molar-refractivity contribution in [2.75, 3.05) is 0 Å². The maximum atomic E-state index is 11.1. The quantitative estimate of drug-likeness (QED) is 0.682. The number of hydrogen-bond donors (Lipinski definition) is 0. The number of nitrogens with zero attached hydrogens (tertiary/aromatic N) is 2. The third-order valence-electron chi connectivity index (χ3n) is 1.44. The molecule has 66 valence electrons. The van der Waals surface area contributed by atoms with E-state index in [-0.39, 0.29) is 5.91 Å². The molecule has 0 radical (unpaired) electrons. The molecule has 0 aliphatic rings. The van der Waals surface area contributed by atoms with E-state index < -0.39 is 0 Å². The van der Waals surface area contributed by atoms with Gasteiger partial charge in [0.05, 0.1) is 0 Å². The second-order valence-corrected chi connectivity index (χ2v) is 3.43. The normalized spacial score (nSPS) is 12.0. The van der Waals surface area contributed by atoms with Crippen LogP contribution in [0.3, 0.4) is 0 Å². The largest absolute Gasteiger partial charge is 0.327 e. The van der Waals surface area contributed by atoms with E-state index in [9.17, 15) is 4.79 Å². The number of amides is 1. The summed E-state index contributed by atoms with van der Waals surface area (Å²) < 4.78 is 1.85. The van der Waals surface area contributed by atoms with Crippen LogP contribution in [-0.2, 0) is 11.8 Å². The highest BCUT2D eigenvalue weighted by molar-refractivity contribution is 7.07. The Kier molecular flexibility index (Phi) is 3.22. The molecule has 0 saturated carbocycles. The molecule has 1 heterocycles. The molecule has 0 unspecified atom stereocenters. The number of carbonyl (C=O) groups excluding carboxylic acids is 1. The molecule has 0 spiro atoms. The lowest BCUT2D eigenvalue weighted by Gasteiger charge is -1.89. The number of rotatable bonds is 2. The van der Waals surface area contributed by atoms with Crippen molar-refractivity contribution in [1.29, 1.82) is 0 Å². The summed E-state index contributed by atoms with van der Waals surface area (Å²) >= 11 is 1.48. The summed E-state index contributed by atoms with van der Waals surface area (Å²) in [7, 11) is 1.88. The first-order valence-corrected chi connectivity index (χ1v) is 4.79. The highest BCUT2D eigenvalue weighted by Crippen LogP contribution is 1.91. The van der Waals surface area contributed by atoms with Gasteiger partial charge in [0.1, 0.15) is 0 Å². The molecule has 0 aliphatic carbocycles. The van der Waals surface area contributed by atoms with E-state index in [4.69, 9.17) is 0 Å². The molecule has 1 amide bonds. The zero-order valence-electron chi connectivity index (χ0n) is 7.28. The average molecular weight is 184 g/mol. The molecule has 0 aliphatic heterocycles. The molecule has 3 nitrogen and oxygen atoms in total. The topological polar surface area (TPSA) is 34.4 Å². The second kappa shape index (κ2) is 4.21. The first-order chi connectivity index (χ1) is 5.74. The molecule has 0 N–H and O–H groups in total. The maximum absolute atomic E-state index is 11.1. The van der Waals surface area contributed by atoms with Crippen LogP contribution in [0.25, 0.3) is 0 Å². The predicted molar refractivity (Wildman–Crippen MR) is 48.8 cm³/mol. The van der Waals surface area contributed by atoms with Crippen LogP contribution in [-0.4, -0.2) is 10.5 Å². The molecule has 0 bridgehead atoms. The minimum atomic E-state index is -0.0319. The molecule has 1 aromatic heterocycles. The Labute approximate surface area is 75.4 Å². The summed E-state index contributed by atoms with van der Waals surface area (Å²) in [4.78, 5) is 15.8. The number of thiazole rings is 1. The first-order valence-electron chi connectivity index (χ1n) is 3.91. The number of hydrogen-bond acceptors (Lipinski definition) is 2. The van der Waals surface area contributed by atoms with Crippen molar-refractivity contribution in [3.63, 3.8) is 0 Å². The van der Waals surface area contributed by atoms with E-state index in [1.54, 1.807) is 0 Å². The summed E-state index contributed by atoms with van der Waals surface area (Å²) in [5, 5.41) is 1.91. The smallest absolute Gasteiger partial charge is 0.248 e. The van der Waals surface area contributed by atoms with Crippen molar-refractivity contribution in [1.82, 2.24) is 4.57 Å². The fourth-order valence-corrected chi connectivity index (χ4v) is 1.56. The average Bonchev–Trinajstić information content (AvgIpc) is 2.37. The SMILES string of the molecule is CCCC(=O)N=c1sccn1C. The van der Waals surface area contributed by atoms with Gasteiger partial charge in [0, 0.05) is 25.0 Å². The van der Waals surface area contributed by atoms with Gasteiger partial charge in [-0.1, -0.05) is 6.92 Å². The lowest BCUT2D eigenvalue weighted by Crippen LogP contribution is -2.12. The van der Waals surface area contributed by atoms with Crippen molar-refractivity contribution in [2.45, 2.75) is 19.8 Å². The van der Waals surface area contributed by atoms with Gasteiger partial charge in [0.15, 0.2) is 4.80 Å². The van der Waals surface area contributed by atoms with Gasteiger partial charge < -0.3 is 4.57 Å². The Morgan fingerprint density at radius 1 is 1.75 bits per heavy atom. The Morgan fingerprint density at radius 3 is 3.00 bits per heavy atom. The molecule has 4 heteroatoms. The fraction of sp³-hybridized carbons (Fsp3) is 0.500. The Bertz CT molecular complexity index is 324. The summed E-state index contributed by atoms with van der Waals surface area (Å²) in [5.74, 6) is -0.0319. The predicted octanol–water partition coefficient (Wildman–Crippen LogP) is 1.31. The van der Waals surface area contributed by atoms with Gasteiger partial charge in [0.25, 0.3) is 0 Å². The van der Waals surface area contributed by atoms with Gasteiger partial charge in [-0.05, 0) is 6.42 Å². The first kappa shape index (κ1) is 9.19. The van der Waals surface area contributed by atoms with Crippen LogP contribution < -0.4 is 4.80 Å². The number of aromatic nitrogens is 1. The molecule has 12 heavy (non-hydrogen) atoms. The molecule has 1 aromatic rings. The standard InChI is InChI=1S/C8H12N2OS/c1-3-4-7(11)9-8-10(2)5-6-12-8/h5-6H,3-4H2,1-2H3. The van der Waals surface area contributed by atoms with E-state index in [1.807, 2.05) is 30.1 Å². The molecule has 0 aromatic carbocycles. The van der Waals surface area contributed by atoms with E-state index in [0.717, 1.165) is 11.2 Å². The van der Waals surface area contributed by atoms with Gasteiger partial charge >= 0.3 is 0 Å². The van der Waals surface area contributed by atoms with Crippen LogP contribution in [0, 0.1) is 0 Å². The van der Waals surface area contributed by atoms with Crippen LogP contribution in [0.15, 0.2) is 16.6 Å². The van der Waals surface area contributed by atoms with E-state index in [0.29, 0.717) is 6.42 Å². The molecular weight excluding hydrogens is 172 g/mol. The number of aryl methyl sites for hydroxylation is 1. The van der Waals surface area contributed by atoms with Gasteiger partial charge in [-0.25, -0.2) is 0 Å². The lowest BCUT2D eigenvalue weighted by atomic mass is 10.3. The summed E-state index contributed by atoms with van der Waals surface area (Å²) in [6.45, 7) is 1.97. The summed E-state index contributed by atoms with van der Waals surface area (Å²) in [5.41, 5.74) is 0. The molecule has 0 fully saturated rings. The molecular formula is C8H12N2OS. The van der Waals surface area contributed by atoms with Crippen LogP contribution in [0.1, 0.15) is 19.8 Å². The molecule has 0 atom stereocenters. The fourth-order valence-electron chi connectivity index (χ4n) is 0.811. The van der Waals surface area contributed by atoms with Crippen molar-refractivity contribution < 1.29 is 4.79 Å². The zero-order chi connectivity index (χ0) is 8.97. The van der Waals surface area contributed by atoms with Crippen molar-refractivity contribution in [2.24, 2.45) is 12.0 Å². The minimum absolute atomic E-state index is 0.0319. The van der Waals surface area contributed by atoms with E-state index in [2.05, 4.69) is 4.99 Å². The van der Waals surface area contributed by atoms with Crippen LogP contribution >= 0.6 is 11.3 Å². The van der Waals surface area contributed by atoms with Crippen molar-refractivity contribution in [3.8, 4) is 0 Å². The summed E-state index contributed by atoms with van der Waals surface area (Å²) in [6.07, 6.45) is 3.29. The lowest BCUT2D eigenvalue weighted by molar-refractivity contribution is -0.118. The van der Waals surface area contributed by atoms with Gasteiger partial charge in [-0.2, -0.15) is 4.99 Å². The third kappa shape index (κ3) is 2.30. The van der Waals surface area contributed by atoms with Crippen LogP contribution in [0.4, 0.5) is 0 Å². The van der Waals surface area contributed by atoms with Gasteiger partial charge in [-0.3, -0.25) is 4.79 Å². The van der Waals surface area contributed by atoms with Crippen molar-refractivity contribution >= 4 is 17.2 Å². The maximum Gasteiger partial charge on any atom is 0.248 e. The monoisotopic (exact) mass is 184 g/mol. The molecule has 0 saturated heterocycles. The van der Waals surface area contributed by atoms with E-state index >= 15 is 0 Å². The Balaban J connectivity index is 2.83. The Hall–Kier alpha value is -0.900. The second-order valence-electron chi connectivity index (χ2n) is 2.55. The highest BCUT2D eigenvalue weighted by Gasteiger charge is 1.96. The zero-order valence-corrected chi connectivity index (χ0v) is 8.10. The van der Waals surface area contributed by atoms with Crippen LogP contribution in [0.5, 0.6) is 0 Å². The highest BCUT2D eigenvalue weighted by atomic mass is 32.1. The number of carbonyl (C=O) groups is 1. The van der Waals surface area contributed by atoms with E-state index in [1.165, 1.54) is 11.3 Å². The van der Waals surface area contributed by atoms with Gasteiger partial charge in [-0.15, -0.1) is 11.3 Å². The van der Waals surface area contributed by atoms with Crippen molar-refractivity contribution in [3.05, 3.63) is 16.4 Å². The molecule has 1 rings (SSSR count). The van der Waals surface area contributed by atoms with Gasteiger partial charge in [0.2, 0.25) is 5.91 Å². The summed E-state index contributed by atoms with van der Waals surface area (Å²) in [6, 6.07) is 0. The minimum Gasteiger partial charge on any atom is -0.327 e.